The number of ether oxygens (including phenoxy) is 1. The smallest absolute Gasteiger partial charge is 0.159 e. The summed E-state index contributed by atoms with van der Waals surface area (Å²) in [7, 11) is 3.77. The van der Waals surface area contributed by atoms with Gasteiger partial charge in [0.05, 0.1) is 7.11 Å². The molecule has 5 heteroatoms. The van der Waals surface area contributed by atoms with E-state index in [0.717, 1.165) is 48.8 Å². The minimum Gasteiger partial charge on any atom is -0.497 e. The minimum atomic E-state index is 0.474. The molecule has 1 aliphatic heterocycles. The van der Waals surface area contributed by atoms with Crippen LogP contribution in [0, 0.1) is 0 Å². The molecule has 1 aromatic carbocycles. The number of rotatable bonds is 4. The number of hydrogen-bond donors (Lipinski definition) is 0. The van der Waals surface area contributed by atoms with Gasteiger partial charge in [-0.05, 0) is 42.8 Å². The Hall–Kier alpha value is -2.40. The molecule has 4 rings (SSSR count). The van der Waals surface area contributed by atoms with Crippen LogP contribution in [0.25, 0.3) is 11.2 Å². The monoisotopic (exact) mass is 322 g/mol. The second-order valence-electron chi connectivity index (χ2n) is 6.44. The van der Waals surface area contributed by atoms with E-state index >= 15 is 0 Å². The van der Waals surface area contributed by atoms with Crippen molar-refractivity contribution < 1.29 is 4.74 Å². The number of nitrogens with zero attached hydrogens (tertiary/aromatic N) is 4. The molecule has 0 amide bonds. The van der Waals surface area contributed by atoms with E-state index < -0.39 is 0 Å². The Morgan fingerprint density at radius 3 is 2.79 bits per heavy atom. The van der Waals surface area contributed by atoms with E-state index in [1.807, 2.05) is 30.5 Å². The number of aromatic nitrogens is 3. The molecule has 1 atom stereocenters. The molecule has 1 fully saturated rings. The topological polar surface area (TPSA) is 43.2 Å². The third kappa shape index (κ3) is 2.76. The molecular weight excluding hydrogens is 300 g/mol. The van der Waals surface area contributed by atoms with Gasteiger partial charge < -0.3 is 9.30 Å². The van der Waals surface area contributed by atoms with Gasteiger partial charge in [-0.25, -0.2) is 9.97 Å². The van der Waals surface area contributed by atoms with Crippen LogP contribution in [0.4, 0.5) is 0 Å². The summed E-state index contributed by atoms with van der Waals surface area (Å²) in [6.45, 7) is 3.12. The molecule has 0 spiro atoms. The molecule has 0 bridgehead atoms. The zero-order valence-corrected chi connectivity index (χ0v) is 14.1. The summed E-state index contributed by atoms with van der Waals surface area (Å²) in [5, 5.41) is 0. The van der Waals surface area contributed by atoms with Crippen LogP contribution >= 0.6 is 0 Å². The van der Waals surface area contributed by atoms with Crippen LogP contribution in [-0.2, 0) is 13.6 Å². The number of aryl methyl sites for hydroxylation is 1. The molecule has 3 heterocycles. The number of imidazole rings is 1. The standard InChI is InChI=1S/C19H22N4O/c1-22-18(21-17-4-3-10-20-19(17)22)15-9-11-23(13-15)12-14-5-7-16(24-2)8-6-14/h3-8,10,15H,9,11-13H2,1-2H3/t15-/m1/s1. The van der Waals surface area contributed by atoms with E-state index in [1.165, 1.54) is 5.56 Å². The van der Waals surface area contributed by atoms with Gasteiger partial charge in [0.15, 0.2) is 5.65 Å². The van der Waals surface area contributed by atoms with Crippen molar-refractivity contribution >= 4 is 11.2 Å². The zero-order valence-electron chi connectivity index (χ0n) is 14.1. The number of pyridine rings is 1. The second kappa shape index (κ2) is 6.24. The maximum absolute atomic E-state index is 5.23. The SMILES string of the molecule is COc1ccc(CN2CC[C@@H](c3nc4cccnc4n3C)C2)cc1. The van der Waals surface area contributed by atoms with Gasteiger partial charge in [0.1, 0.15) is 17.1 Å². The minimum absolute atomic E-state index is 0.474. The summed E-state index contributed by atoms with van der Waals surface area (Å²) in [5.41, 5.74) is 3.29. The fraction of sp³-hybridized carbons (Fsp3) is 0.368. The summed E-state index contributed by atoms with van der Waals surface area (Å²) in [5.74, 6) is 2.54. The molecular formula is C19H22N4O. The molecule has 1 aliphatic rings. The van der Waals surface area contributed by atoms with Crippen LogP contribution in [-0.4, -0.2) is 39.6 Å². The van der Waals surface area contributed by atoms with Gasteiger partial charge in [0.25, 0.3) is 0 Å². The van der Waals surface area contributed by atoms with E-state index in [0.29, 0.717) is 5.92 Å². The van der Waals surface area contributed by atoms with Gasteiger partial charge >= 0.3 is 0 Å². The number of benzene rings is 1. The van der Waals surface area contributed by atoms with Crippen molar-refractivity contribution in [3.63, 3.8) is 0 Å². The molecule has 124 valence electrons. The summed E-state index contributed by atoms with van der Waals surface area (Å²) in [6, 6.07) is 12.3. The van der Waals surface area contributed by atoms with E-state index in [2.05, 4.69) is 33.6 Å². The Morgan fingerprint density at radius 2 is 2.04 bits per heavy atom. The third-order valence-corrected chi connectivity index (χ3v) is 4.87. The molecule has 0 saturated carbocycles. The Morgan fingerprint density at radius 1 is 1.21 bits per heavy atom. The normalized spacial score (nSPS) is 18.3. The van der Waals surface area contributed by atoms with Gasteiger partial charge in [-0.1, -0.05) is 12.1 Å². The predicted octanol–water partition coefficient (Wildman–Crippen LogP) is 2.97. The van der Waals surface area contributed by atoms with E-state index in [4.69, 9.17) is 9.72 Å². The van der Waals surface area contributed by atoms with Crippen molar-refractivity contribution in [2.24, 2.45) is 7.05 Å². The Labute approximate surface area is 141 Å². The zero-order chi connectivity index (χ0) is 16.5. The average Bonchev–Trinajstić information content (AvgIpc) is 3.21. The molecule has 0 radical (unpaired) electrons. The number of fused-ring (bicyclic) bond motifs is 1. The predicted molar refractivity (Wildman–Crippen MR) is 94.1 cm³/mol. The van der Waals surface area contributed by atoms with Crippen LogP contribution in [0.5, 0.6) is 5.75 Å². The fourth-order valence-electron chi connectivity index (χ4n) is 3.58. The summed E-state index contributed by atoms with van der Waals surface area (Å²) in [4.78, 5) is 11.8. The number of methoxy groups -OCH3 is 1. The molecule has 1 saturated heterocycles. The second-order valence-corrected chi connectivity index (χ2v) is 6.44. The number of likely N-dealkylation sites (tertiary alicyclic amines) is 1. The first-order chi connectivity index (χ1) is 11.7. The highest BCUT2D eigenvalue weighted by atomic mass is 16.5. The maximum Gasteiger partial charge on any atom is 0.159 e. The van der Waals surface area contributed by atoms with Crippen molar-refractivity contribution in [1.82, 2.24) is 19.4 Å². The summed E-state index contributed by atoms with van der Waals surface area (Å²) in [6.07, 6.45) is 2.98. The van der Waals surface area contributed by atoms with Crippen molar-refractivity contribution in [1.29, 1.82) is 0 Å². The van der Waals surface area contributed by atoms with Crippen LogP contribution in [0.15, 0.2) is 42.6 Å². The van der Waals surface area contributed by atoms with Crippen molar-refractivity contribution in [2.45, 2.75) is 18.9 Å². The summed E-state index contributed by atoms with van der Waals surface area (Å²) < 4.78 is 7.38. The van der Waals surface area contributed by atoms with Crippen LogP contribution in [0.1, 0.15) is 23.7 Å². The number of hydrogen-bond acceptors (Lipinski definition) is 4. The molecule has 0 N–H and O–H groups in total. The molecule has 0 unspecified atom stereocenters. The Balaban J connectivity index is 1.48. The van der Waals surface area contributed by atoms with E-state index in [-0.39, 0.29) is 0 Å². The molecule has 5 nitrogen and oxygen atoms in total. The Kier molecular flexibility index (Phi) is 3.94. The largest absolute Gasteiger partial charge is 0.497 e. The van der Waals surface area contributed by atoms with Crippen LogP contribution in [0.3, 0.4) is 0 Å². The molecule has 0 aliphatic carbocycles. The first-order valence-electron chi connectivity index (χ1n) is 8.37. The lowest BCUT2D eigenvalue weighted by Gasteiger charge is -2.16. The fourth-order valence-corrected chi connectivity index (χ4v) is 3.58. The molecule has 24 heavy (non-hydrogen) atoms. The third-order valence-electron chi connectivity index (χ3n) is 4.87. The molecule has 3 aromatic rings. The quantitative estimate of drug-likeness (QED) is 0.741. The van der Waals surface area contributed by atoms with Crippen molar-refractivity contribution in [3.05, 3.63) is 54.0 Å². The van der Waals surface area contributed by atoms with Crippen LogP contribution in [0.2, 0.25) is 0 Å². The van der Waals surface area contributed by atoms with E-state index in [1.54, 1.807) is 7.11 Å². The highest BCUT2D eigenvalue weighted by Gasteiger charge is 2.27. The lowest BCUT2D eigenvalue weighted by atomic mass is 10.1. The van der Waals surface area contributed by atoms with Crippen molar-refractivity contribution in [2.75, 3.05) is 20.2 Å². The van der Waals surface area contributed by atoms with E-state index in [9.17, 15) is 0 Å². The Bertz CT molecular complexity index is 840. The van der Waals surface area contributed by atoms with Crippen LogP contribution < -0.4 is 4.74 Å². The molecule has 2 aromatic heterocycles. The van der Waals surface area contributed by atoms with Gasteiger partial charge in [0, 0.05) is 32.3 Å². The average molecular weight is 322 g/mol. The highest BCUT2D eigenvalue weighted by molar-refractivity contribution is 5.71. The van der Waals surface area contributed by atoms with Crippen molar-refractivity contribution in [3.8, 4) is 5.75 Å². The lowest BCUT2D eigenvalue weighted by molar-refractivity contribution is 0.325. The lowest BCUT2D eigenvalue weighted by Crippen LogP contribution is -2.20. The van der Waals surface area contributed by atoms with Gasteiger partial charge in [-0.15, -0.1) is 0 Å². The van der Waals surface area contributed by atoms with Gasteiger partial charge in [-0.2, -0.15) is 0 Å². The van der Waals surface area contributed by atoms with Gasteiger partial charge in [-0.3, -0.25) is 4.90 Å². The first kappa shape index (κ1) is 15.1. The highest BCUT2D eigenvalue weighted by Crippen LogP contribution is 2.29. The first-order valence-corrected chi connectivity index (χ1v) is 8.37. The maximum atomic E-state index is 5.23. The summed E-state index contributed by atoms with van der Waals surface area (Å²) >= 11 is 0. The van der Waals surface area contributed by atoms with Gasteiger partial charge in [0.2, 0.25) is 0 Å².